The van der Waals surface area contributed by atoms with Crippen molar-refractivity contribution >= 4 is 17.7 Å². The van der Waals surface area contributed by atoms with E-state index in [1.807, 2.05) is 65.0 Å². The van der Waals surface area contributed by atoms with Gasteiger partial charge in [0.2, 0.25) is 17.7 Å². The summed E-state index contributed by atoms with van der Waals surface area (Å²) in [7, 11) is 0. The van der Waals surface area contributed by atoms with E-state index in [4.69, 9.17) is 4.74 Å². The Kier molecular flexibility index (Phi) is 9.14. The van der Waals surface area contributed by atoms with Gasteiger partial charge < -0.3 is 24.5 Å². The number of amides is 3. The van der Waals surface area contributed by atoms with Crippen molar-refractivity contribution in [2.75, 3.05) is 19.7 Å². The van der Waals surface area contributed by atoms with Crippen molar-refractivity contribution in [2.45, 2.75) is 89.8 Å². The third-order valence-electron chi connectivity index (χ3n) is 9.37. The van der Waals surface area contributed by atoms with Gasteiger partial charge in [0.15, 0.2) is 0 Å². The smallest absolute Gasteiger partial charge is 0.249 e. The molecule has 2 bridgehead atoms. The van der Waals surface area contributed by atoms with E-state index in [-0.39, 0.29) is 30.2 Å². The Morgan fingerprint density at radius 2 is 1.83 bits per heavy atom. The maximum atomic E-state index is 14.6. The average molecular weight is 566 g/mol. The molecule has 2 unspecified atom stereocenters. The van der Waals surface area contributed by atoms with Gasteiger partial charge in [-0.1, -0.05) is 62.8 Å². The molecule has 0 radical (unpaired) electrons. The summed E-state index contributed by atoms with van der Waals surface area (Å²) in [5.41, 5.74) is -0.685. The van der Waals surface area contributed by atoms with Crippen molar-refractivity contribution < 1.29 is 24.2 Å². The highest BCUT2D eigenvalue weighted by atomic mass is 16.5. The molecule has 1 aromatic carbocycles. The SMILES string of the molecule is C=CCN(Cc1ccccc1)C(=O)[C@@H]1[C@@H]2CCC3(O2)C(C(=O)N(CC=C)C(C)(C)C)N([C@@H](CO)[C@@H](C)CC)C(=O)[C@H]13. The molecule has 224 valence electrons. The first kappa shape index (κ1) is 31.0. The van der Waals surface area contributed by atoms with Gasteiger partial charge in [0.1, 0.15) is 11.6 Å². The van der Waals surface area contributed by atoms with Gasteiger partial charge in [-0.25, -0.2) is 0 Å². The third-order valence-corrected chi connectivity index (χ3v) is 9.37. The van der Waals surface area contributed by atoms with Crippen LogP contribution in [0.3, 0.4) is 0 Å². The third kappa shape index (κ3) is 5.37. The van der Waals surface area contributed by atoms with Crippen LogP contribution in [0.15, 0.2) is 55.6 Å². The van der Waals surface area contributed by atoms with Crippen LogP contribution in [0.2, 0.25) is 0 Å². The number of aliphatic hydroxyl groups excluding tert-OH is 1. The number of fused-ring (bicyclic) bond motifs is 1. The maximum absolute atomic E-state index is 14.6. The number of rotatable bonds is 12. The summed E-state index contributed by atoms with van der Waals surface area (Å²) < 4.78 is 6.69. The van der Waals surface area contributed by atoms with Gasteiger partial charge in [-0.05, 0) is 45.1 Å². The zero-order chi connectivity index (χ0) is 30.1. The van der Waals surface area contributed by atoms with E-state index in [2.05, 4.69) is 13.2 Å². The summed E-state index contributed by atoms with van der Waals surface area (Å²) in [6.07, 6.45) is 4.76. The Morgan fingerprint density at radius 1 is 1.17 bits per heavy atom. The number of ether oxygens (including phenoxy) is 1. The highest BCUT2D eigenvalue weighted by Crippen LogP contribution is 2.59. The molecular weight excluding hydrogens is 518 g/mol. The van der Waals surface area contributed by atoms with Gasteiger partial charge in [0.05, 0.1) is 30.6 Å². The minimum absolute atomic E-state index is 0.0568. The second-order valence-corrected chi connectivity index (χ2v) is 12.8. The van der Waals surface area contributed by atoms with Gasteiger partial charge in [0, 0.05) is 25.2 Å². The first-order chi connectivity index (χ1) is 19.5. The minimum Gasteiger partial charge on any atom is -0.394 e. The largest absolute Gasteiger partial charge is 0.394 e. The van der Waals surface area contributed by atoms with Gasteiger partial charge in [-0.3, -0.25) is 14.4 Å². The molecule has 41 heavy (non-hydrogen) atoms. The molecule has 3 saturated heterocycles. The van der Waals surface area contributed by atoms with Gasteiger partial charge in [-0.15, -0.1) is 13.2 Å². The topological polar surface area (TPSA) is 90.4 Å². The lowest BCUT2D eigenvalue weighted by Gasteiger charge is -2.44. The van der Waals surface area contributed by atoms with E-state index in [0.717, 1.165) is 12.0 Å². The molecule has 7 atom stereocenters. The summed E-state index contributed by atoms with van der Waals surface area (Å²) in [5, 5.41) is 10.6. The second-order valence-electron chi connectivity index (χ2n) is 12.8. The lowest BCUT2D eigenvalue weighted by Crippen LogP contribution is -2.62. The second kappa shape index (κ2) is 12.1. The molecule has 1 spiro atoms. The molecule has 0 aliphatic carbocycles. The molecule has 1 aromatic rings. The molecule has 3 fully saturated rings. The number of hydrogen-bond acceptors (Lipinski definition) is 5. The van der Waals surface area contributed by atoms with Crippen molar-refractivity contribution in [3.8, 4) is 0 Å². The molecule has 1 N–H and O–H groups in total. The number of hydrogen-bond donors (Lipinski definition) is 1. The first-order valence-electron chi connectivity index (χ1n) is 14.9. The molecule has 3 amide bonds. The molecule has 8 heteroatoms. The van der Waals surface area contributed by atoms with Crippen LogP contribution in [-0.4, -0.2) is 86.6 Å². The Hall–Kier alpha value is -2.97. The summed E-state index contributed by atoms with van der Waals surface area (Å²) in [6.45, 7) is 18.3. The number of carbonyl (C=O) groups excluding carboxylic acids is 3. The zero-order valence-electron chi connectivity index (χ0n) is 25.3. The highest BCUT2D eigenvalue weighted by molar-refractivity contribution is 5.99. The fraction of sp³-hybridized carbons (Fsp3) is 0.606. The lowest BCUT2D eigenvalue weighted by molar-refractivity contribution is -0.156. The Balaban J connectivity index is 1.79. The number of benzene rings is 1. The fourth-order valence-electron chi connectivity index (χ4n) is 7.20. The van der Waals surface area contributed by atoms with Crippen LogP contribution in [0.5, 0.6) is 0 Å². The molecule has 3 aliphatic heterocycles. The lowest BCUT2D eigenvalue weighted by atomic mass is 9.70. The van der Waals surface area contributed by atoms with Crippen LogP contribution in [0.1, 0.15) is 59.4 Å². The number of likely N-dealkylation sites (tertiary alicyclic amines) is 1. The van der Waals surface area contributed by atoms with Gasteiger partial charge in [-0.2, -0.15) is 0 Å². The standard InChI is InChI=1S/C33H47N3O5/c1-8-18-34(20-23-14-12-11-13-15-23)29(38)26-25-16-17-33(41-25)27(26)30(39)36(24(21-37)22(4)10-3)28(33)31(40)35(19-9-2)32(5,6)7/h8-9,11-15,22,24-28,37H,1-2,10,16-21H2,3-7H3/t22-,24-,25-,26+,27-,28?,33?/m0/s1. The molecule has 3 heterocycles. The van der Waals surface area contributed by atoms with E-state index >= 15 is 0 Å². The first-order valence-corrected chi connectivity index (χ1v) is 14.9. The Labute approximate surface area is 245 Å². The maximum Gasteiger partial charge on any atom is 0.249 e. The van der Waals surface area contributed by atoms with Crippen LogP contribution >= 0.6 is 0 Å². The summed E-state index contributed by atoms with van der Waals surface area (Å²) in [5.74, 6) is -2.22. The van der Waals surface area contributed by atoms with Gasteiger partial charge >= 0.3 is 0 Å². The summed E-state index contributed by atoms with van der Waals surface area (Å²) in [4.78, 5) is 48.5. The molecule has 4 rings (SSSR count). The predicted octanol–water partition coefficient (Wildman–Crippen LogP) is 3.80. The summed E-state index contributed by atoms with van der Waals surface area (Å²) in [6, 6.07) is 8.24. The van der Waals surface area contributed by atoms with E-state index in [9.17, 15) is 19.5 Å². The molecule has 3 aliphatic rings. The molecule has 0 saturated carbocycles. The summed E-state index contributed by atoms with van der Waals surface area (Å²) >= 11 is 0. The van der Waals surface area contributed by atoms with E-state index < -0.39 is 41.2 Å². The zero-order valence-corrected chi connectivity index (χ0v) is 25.3. The van der Waals surface area contributed by atoms with Crippen molar-refractivity contribution in [2.24, 2.45) is 17.8 Å². The van der Waals surface area contributed by atoms with Crippen molar-refractivity contribution in [3.63, 3.8) is 0 Å². The van der Waals surface area contributed by atoms with Crippen LogP contribution in [0.4, 0.5) is 0 Å². The van der Waals surface area contributed by atoms with E-state index in [0.29, 0.717) is 32.5 Å². The number of aliphatic hydroxyl groups is 1. The predicted molar refractivity (Wildman–Crippen MR) is 158 cm³/mol. The van der Waals surface area contributed by atoms with Gasteiger partial charge in [0.25, 0.3) is 0 Å². The highest BCUT2D eigenvalue weighted by Gasteiger charge is 2.75. The molecule has 0 aromatic heterocycles. The quantitative estimate of drug-likeness (QED) is 0.390. The van der Waals surface area contributed by atoms with Crippen LogP contribution < -0.4 is 0 Å². The number of carbonyl (C=O) groups is 3. The Bertz CT molecular complexity index is 1150. The van der Waals surface area contributed by atoms with Crippen LogP contribution in [0, 0.1) is 17.8 Å². The Morgan fingerprint density at radius 3 is 2.39 bits per heavy atom. The average Bonchev–Trinajstić information content (AvgIpc) is 3.58. The molecule has 8 nitrogen and oxygen atoms in total. The van der Waals surface area contributed by atoms with Crippen LogP contribution in [-0.2, 0) is 25.7 Å². The van der Waals surface area contributed by atoms with E-state index in [1.54, 1.807) is 26.9 Å². The van der Waals surface area contributed by atoms with Crippen LogP contribution in [0.25, 0.3) is 0 Å². The van der Waals surface area contributed by atoms with E-state index in [1.165, 1.54) is 0 Å². The van der Waals surface area contributed by atoms with Crippen molar-refractivity contribution in [3.05, 3.63) is 61.2 Å². The van der Waals surface area contributed by atoms with Crippen molar-refractivity contribution in [1.29, 1.82) is 0 Å². The number of nitrogens with zero attached hydrogens (tertiary/aromatic N) is 3. The minimum atomic E-state index is -1.13. The fourth-order valence-corrected chi connectivity index (χ4v) is 7.20. The molecular formula is C33H47N3O5. The monoisotopic (exact) mass is 565 g/mol. The van der Waals surface area contributed by atoms with Crippen molar-refractivity contribution in [1.82, 2.24) is 14.7 Å². The normalized spacial score (nSPS) is 28.2.